The number of benzene rings is 1. The predicted molar refractivity (Wildman–Crippen MR) is 76.4 cm³/mol. The molecular formula is C14H18BrNO3. The standard InChI is InChI=1S/C14H18BrNO3/c15-13-4-2-1-3-11(13)12(14(17)18)5-6-16-7-9-19-10-8-16/h1-4,12H,5-10H2,(H,17,18). The topological polar surface area (TPSA) is 49.8 Å². The number of carboxylic acid groups (broad SMARTS) is 1. The summed E-state index contributed by atoms with van der Waals surface area (Å²) in [5, 5.41) is 9.42. The highest BCUT2D eigenvalue weighted by atomic mass is 79.9. The minimum absolute atomic E-state index is 0.460. The van der Waals surface area contributed by atoms with Gasteiger partial charge in [0.15, 0.2) is 0 Å². The normalized spacial score (nSPS) is 18.2. The lowest BCUT2D eigenvalue weighted by molar-refractivity contribution is -0.139. The highest BCUT2D eigenvalue weighted by molar-refractivity contribution is 9.10. The number of morpholine rings is 1. The third-order valence-electron chi connectivity index (χ3n) is 3.42. The molecule has 1 heterocycles. The maximum Gasteiger partial charge on any atom is 0.311 e. The van der Waals surface area contributed by atoms with Crippen LogP contribution < -0.4 is 0 Å². The minimum atomic E-state index is -0.764. The van der Waals surface area contributed by atoms with Gasteiger partial charge in [-0.1, -0.05) is 34.1 Å². The maximum absolute atomic E-state index is 11.5. The quantitative estimate of drug-likeness (QED) is 0.901. The van der Waals surface area contributed by atoms with Gasteiger partial charge in [0.25, 0.3) is 0 Å². The van der Waals surface area contributed by atoms with E-state index in [1.54, 1.807) is 0 Å². The van der Waals surface area contributed by atoms with Crippen LogP contribution >= 0.6 is 15.9 Å². The lowest BCUT2D eigenvalue weighted by atomic mass is 9.95. The second kappa shape index (κ2) is 7.03. The van der Waals surface area contributed by atoms with Crippen LogP contribution in [0.3, 0.4) is 0 Å². The molecular weight excluding hydrogens is 310 g/mol. The smallest absolute Gasteiger partial charge is 0.311 e. The molecule has 0 radical (unpaired) electrons. The summed E-state index contributed by atoms with van der Waals surface area (Å²) in [5.74, 6) is -1.22. The fourth-order valence-corrected chi connectivity index (χ4v) is 2.87. The lowest BCUT2D eigenvalue weighted by Gasteiger charge is -2.27. The Bertz CT molecular complexity index is 432. The second-order valence-corrected chi connectivity index (χ2v) is 5.51. The summed E-state index contributed by atoms with van der Waals surface area (Å²) in [6.07, 6.45) is 0.623. The van der Waals surface area contributed by atoms with Gasteiger partial charge in [-0.15, -0.1) is 0 Å². The highest BCUT2D eigenvalue weighted by Crippen LogP contribution is 2.27. The summed E-state index contributed by atoms with van der Waals surface area (Å²) in [4.78, 5) is 13.7. The van der Waals surface area contributed by atoms with Crippen molar-refractivity contribution in [1.29, 1.82) is 0 Å². The van der Waals surface area contributed by atoms with Gasteiger partial charge < -0.3 is 9.84 Å². The van der Waals surface area contributed by atoms with E-state index in [1.165, 1.54) is 0 Å². The molecule has 5 heteroatoms. The van der Waals surface area contributed by atoms with Crippen molar-refractivity contribution in [2.45, 2.75) is 12.3 Å². The summed E-state index contributed by atoms with van der Waals surface area (Å²) < 4.78 is 6.16. The first-order valence-electron chi connectivity index (χ1n) is 6.46. The molecule has 1 atom stereocenters. The first kappa shape index (κ1) is 14.5. The molecule has 19 heavy (non-hydrogen) atoms. The molecule has 0 spiro atoms. The molecule has 0 aromatic heterocycles. The van der Waals surface area contributed by atoms with Crippen molar-refractivity contribution in [3.8, 4) is 0 Å². The number of nitrogens with zero attached hydrogens (tertiary/aromatic N) is 1. The van der Waals surface area contributed by atoms with Crippen molar-refractivity contribution < 1.29 is 14.6 Å². The number of halogens is 1. The fourth-order valence-electron chi connectivity index (χ4n) is 2.31. The Balaban J connectivity index is 2.00. The van der Waals surface area contributed by atoms with Crippen LogP contribution in [0.25, 0.3) is 0 Å². The fraction of sp³-hybridized carbons (Fsp3) is 0.500. The molecule has 4 nitrogen and oxygen atoms in total. The summed E-state index contributed by atoms with van der Waals surface area (Å²) >= 11 is 3.43. The van der Waals surface area contributed by atoms with Crippen molar-refractivity contribution in [2.75, 3.05) is 32.8 Å². The van der Waals surface area contributed by atoms with Crippen molar-refractivity contribution in [2.24, 2.45) is 0 Å². The Labute approximate surface area is 121 Å². The molecule has 0 amide bonds. The average Bonchev–Trinajstić information content (AvgIpc) is 2.42. The monoisotopic (exact) mass is 327 g/mol. The maximum atomic E-state index is 11.5. The van der Waals surface area contributed by atoms with Gasteiger partial charge in [0, 0.05) is 17.6 Å². The third-order valence-corrected chi connectivity index (χ3v) is 4.14. The molecule has 1 aromatic carbocycles. The van der Waals surface area contributed by atoms with Crippen LogP contribution in [0.5, 0.6) is 0 Å². The van der Waals surface area contributed by atoms with Gasteiger partial charge in [-0.25, -0.2) is 0 Å². The third kappa shape index (κ3) is 4.03. The van der Waals surface area contributed by atoms with Crippen LogP contribution in [0.1, 0.15) is 17.9 Å². The lowest BCUT2D eigenvalue weighted by Crippen LogP contribution is -2.37. The molecule has 1 saturated heterocycles. The van der Waals surface area contributed by atoms with E-state index in [-0.39, 0.29) is 0 Å². The molecule has 0 saturated carbocycles. The first-order chi connectivity index (χ1) is 9.18. The molecule has 2 rings (SSSR count). The molecule has 1 aliphatic heterocycles. The summed E-state index contributed by atoms with van der Waals surface area (Å²) in [6.45, 7) is 4.06. The number of rotatable bonds is 5. The summed E-state index contributed by atoms with van der Waals surface area (Å²) in [6, 6.07) is 7.54. The van der Waals surface area contributed by atoms with Gasteiger partial charge >= 0.3 is 5.97 Å². The number of carboxylic acids is 1. The van der Waals surface area contributed by atoms with E-state index in [9.17, 15) is 9.90 Å². The van der Waals surface area contributed by atoms with Crippen LogP contribution in [-0.4, -0.2) is 48.8 Å². The number of aliphatic carboxylic acids is 1. The van der Waals surface area contributed by atoms with Gasteiger partial charge in [0.1, 0.15) is 0 Å². The van der Waals surface area contributed by atoms with E-state index < -0.39 is 11.9 Å². The van der Waals surface area contributed by atoms with Gasteiger partial charge in [0.2, 0.25) is 0 Å². The zero-order chi connectivity index (χ0) is 13.7. The van der Waals surface area contributed by atoms with E-state index in [0.717, 1.165) is 42.9 Å². The molecule has 0 aliphatic carbocycles. The van der Waals surface area contributed by atoms with Gasteiger partial charge in [-0.2, -0.15) is 0 Å². The Morgan fingerprint density at radius 1 is 1.37 bits per heavy atom. The van der Waals surface area contributed by atoms with Crippen LogP contribution in [0.4, 0.5) is 0 Å². The second-order valence-electron chi connectivity index (χ2n) is 4.66. The molecule has 1 aliphatic rings. The number of hydrogen-bond acceptors (Lipinski definition) is 3. The number of carbonyl (C=O) groups is 1. The van der Waals surface area contributed by atoms with Crippen molar-refractivity contribution in [3.63, 3.8) is 0 Å². The van der Waals surface area contributed by atoms with Crippen molar-refractivity contribution in [3.05, 3.63) is 34.3 Å². The minimum Gasteiger partial charge on any atom is -0.481 e. The highest BCUT2D eigenvalue weighted by Gasteiger charge is 2.23. The number of hydrogen-bond donors (Lipinski definition) is 1. The summed E-state index contributed by atoms with van der Waals surface area (Å²) in [7, 11) is 0. The number of ether oxygens (including phenoxy) is 1. The van der Waals surface area contributed by atoms with E-state index in [0.29, 0.717) is 6.42 Å². The Morgan fingerprint density at radius 2 is 2.05 bits per heavy atom. The van der Waals surface area contributed by atoms with Crippen LogP contribution in [-0.2, 0) is 9.53 Å². The Morgan fingerprint density at radius 3 is 2.68 bits per heavy atom. The van der Waals surface area contributed by atoms with E-state index >= 15 is 0 Å². The first-order valence-corrected chi connectivity index (χ1v) is 7.25. The Hall–Kier alpha value is -0.910. The largest absolute Gasteiger partial charge is 0.481 e. The van der Waals surface area contributed by atoms with E-state index in [4.69, 9.17) is 4.74 Å². The zero-order valence-corrected chi connectivity index (χ0v) is 12.3. The SMILES string of the molecule is O=C(O)C(CCN1CCOCC1)c1ccccc1Br. The Kier molecular flexibility index (Phi) is 5.36. The molecule has 104 valence electrons. The average molecular weight is 328 g/mol. The van der Waals surface area contributed by atoms with Crippen LogP contribution in [0.15, 0.2) is 28.7 Å². The molecule has 0 bridgehead atoms. The zero-order valence-electron chi connectivity index (χ0n) is 10.7. The van der Waals surface area contributed by atoms with Gasteiger partial charge in [-0.05, 0) is 24.6 Å². The van der Waals surface area contributed by atoms with Crippen molar-refractivity contribution in [1.82, 2.24) is 4.90 Å². The van der Waals surface area contributed by atoms with Crippen molar-refractivity contribution >= 4 is 21.9 Å². The van der Waals surface area contributed by atoms with E-state index in [2.05, 4.69) is 20.8 Å². The summed E-state index contributed by atoms with van der Waals surface area (Å²) in [5.41, 5.74) is 0.850. The van der Waals surface area contributed by atoms with E-state index in [1.807, 2.05) is 24.3 Å². The molecule has 1 unspecified atom stereocenters. The molecule has 1 fully saturated rings. The molecule has 1 N–H and O–H groups in total. The van der Waals surface area contributed by atoms with Gasteiger partial charge in [-0.3, -0.25) is 9.69 Å². The predicted octanol–water partition coefficient (Wildman–Crippen LogP) is 2.34. The van der Waals surface area contributed by atoms with Crippen LogP contribution in [0.2, 0.25) is 0 Å². The molecule has 1 aromatic rings. The van der Waals surface area contributed by atoms with Gasteiger partial charge in [0.05, 0.1) is 19.1 Å². The van der Waals surface area contributed by atoms with Crippen LogP contribution in [0, 0.1) is 0 Å².